The number of thiophene rings is 1. The normalized spacial score (nSPS) is 14.6. The number of fused-ring (bicyclic) bond motifs is 1. The quantitative estimate of drug-likeness (QED) is 0.672. The molecular weight excluding hydrogens is 286 g/mol. The summed E-state index contributed by atoms with van der Waals surface area (Å²) >= 11 is 5.03. The molecule has 1 aromatic heterocycles. The predicted octanol–water partition coefficient (Wildman–Crippen LogP) is 3.14. The lowest BCUT2D eigenvalue weighted by Gasteiger charge is -2.08. The van der Waals surface area contributed by atoms with Gasteiger partial charge in [0.25, 0.3) is 5.91 Å². The molecule has 0 aromatic carbocycles. The van der Waals surface area contributed by atoms with E-state index in [2.05, 4.69) is 27.3 Å². The fourth-order valence-corrected chi connectivity index (χ4v) is 3.41. The fourth-order valence-electron chi connectivity index (χ4n) is 1.96. The summed E-state index contributed by atoms with van der Waals surface area (Å²) in [6, 6.07) is 2.09. The zero-order chi connectivity index (χ0) is 11.4. The molecule has 1 amide bonds. The van der Waals surface area contributed by atoms with Crippen LogP contribution < -0.4 is 5.32 Å². The van der Waals surface area contributed by atoms with Crippen molar-refractivity contribution in [1.29, 1.82) is 0 Å². The molecular formula is C12H16BrNOS. The average molecular weight is 302 g/mol. The van der Waals surface area contributed by atoms with Crippen LogP contribution in [0.25, 0.3) is 0 Å². The number of carbonyl (C=O) groups excluding carboxylic acids is 1. The molecule has 1 aliphatic carbocycles. The van der Waals surface area contributed by atoms with Crippen LogP contribution in [0.4, 0.5) is 0 Å². The molecule has 0 unspecified atom stereocenters. The van der Waals surface area contributed by atoms with Crippen molar-refractivity contribution in [3.8, 4) is 0 Å². The van der Waals surface area contributed by atoms with E-state index in [1.165, 1.54) is 23.3 Å². The molecule has 0 saturated carbocycles. The SMILES string of the molecule is O=C(NCCCBr)c1cc2c(s1)CCCC2. The minimum Gasteiger partial charge on any atom is -0.351 e. The van der Waals surface area contributed by atoms with E-state index in [-0.39, 0.29) is 5.91 Å². The van der Waals surface area contributed by atoms with Gasteiger partial charge in [0.05, 0.1) is 4.88 Å². The number of hydrogen-bond donors (Lipinski definition) is 1. The van der Waals surface area contributed by atoms with Gasteiger partial charge in [-0.1, -0.05) is 15.9 Å². The molecule has 0 atom stereocenters. The van der Waals surface area contributed by atoms with Crippen LogP contribution in [-0.2, 0) is 12.8 Å². The summed E-state index contributed by atoms with van der Waals surface area (Å²) in [5, 5.41) is 3.89. The number of rotatable bonds is 4. The Morgan fingerprint density at radius 2 is 2.25 bits per heavy atom. The number of carbonyl (C=O) groups is 1. The molecule has 0 aliphatic heterocycles. The standard InChI is InChI=1S/C12H16BrNOS/c13-6-3-7-14-12(15)11-8-9-4-1-2-5-10(9)16-11/h8H,1-7H2,(H,14,15). The Hall–Kier alpha value is -0.350. The molecule has 2 rings (SSSR count). The van der Waals surface area contributed by atoms with Gasteiger partial charge in [-0.15, -0.1) is 11.3 Å². The van der Waals surface area contributed by atoms with E-state index in [4.69, 9.17) is 0 Å². The van der Waals surface area contributed by atoms with Gasteiger partial charge >= 0.3 is 0 Å². The van der Waals surface area contributed by atoms with Crippen molar-refractivity contribution in [2.24, 2.45) is 0 Å². The van der Waals surface area contributed by atoms with Crippen LogP contribution in [0.5, 0.6) is 0 Å². The molecule has 1 N–H and O–H groups in total. The van der Waals surface area contributed by atoms with Gasteiger partial charge in [-0.2, -0.15) is 0 Å². The number of alkyl halides is 1. The third-order valence-electron chi connectivity index (χ3n) is 2.82. The summed E-state index contributed by atoms with van der Waals surface area (Å²) < 4.78 is 0. The molecule has 4 heteroatoms. The number of hydrogen-bond acceptors (Lipinski definition) is 2. The van der Waals surface area contributed by atoms with E-state index in [0.29, 0.717) is 0 Å². The summed E-state index contributed by atoms with van der Waals surface area (Å²) in [4.78, 5) is 14.1. The first-order chi connectivity index (χ1) is 7.81. The van der Waals surface area contributed by atoms with Gasteiger partial charge in [0.1, 0.15) is 0 Å². The van der Waals surface area contributed by atoms with E-state index in [1.54, 1.807) is 11.3 Å². The zero-order valence-corrected chi connectivity index (χ0v) is 11.6. The lowest BCUT2D eigenvalue weighted by Crippen LogP contribution is -2.23. The summed E-state index contributed by atoms with van der Waals surface area (Å²) in [6.45, 7) is 0.757. The number of nitrogens with one attached hydrogen (secondary N) is 1. The molecule has 1 aromatic rings. The fraction of sp³-hybridized carbons (Fsp3) is 0.583. The van der Waals surface area contributed by atoms with E-state index in [9.17, 15) is 4.79 Å². The van der Waals surface area contributed by atoms with Gasteiger partial charge in [0.2, 0.25) is 0 Å². The second-order valence-electron chi connectivity index (χ2n) is 4.06. The molecule has 0 saturated heterocycles. The summed E-state index contributed by atoms with van der Waals surface area (Å²) in [5.41, 5.74) is 1.40. The van der Waals surface area contributed by atoms with Crippen molar-refractivity contribution >= 4 is 33.2 Å². The van der Waals surface area contributed by atoms with Crippen molar-refractivity contribution < 1.29 is 4.79 Å². The molecule has 0 bridgehead atoms. The van der Waals surface area contributed by atoms with Crippen LogP contribution in [0.15, 0.2) is 6.07 Å². The Balaban J connectivity index is 1.98. The predicted molar refractivity (Wildman–Crippen MR) is 71.7 cm³/mol. The summed E-state index contributed by atoms with van der Waals surface area (Å²) in [5.74, 6) is 0.0975. The van der Waals surface area contributed by atoms with Crippen LogP contribution in [-0.4, -0.2) is 17.8 Å². The minimum absolute atomic E-state index is 0.0975. The third-order valence-corrected chi connectivity index (χ3v) is 4.61. The average Bonchev–Trinajstić information content (AvgIpc) is 2.73. The molecule has 0 fully saturated rings. The first-order valence-corrected chi connectivity index (χ1v) is 7.71. The maximum atomic E-state index is 11.8. The molecule has 1 heterocycles. The lowest BCUT2D eigenvalue weighted by atomic mass is 9.99. The van der Waals surface area contributed by atoms with Crippen molar-refractivity contribution in [2.75, 3.05) is 11.9 Å². The highest BCUT2D eigenvalue weighted by Gasteiger charge is 2.16. The van der Waals surface area contributed by atoms with E-state index in [1.807, 2.05) is 0 Å². The summed E-state index contributed by atoms with van der Waals surface area (Å²) in [6.07, 6.45) is 5.85. The van der Waals surface area contributed by atoms with Crippen molar-refractivity contribution in [1.82, 2.24) is 5.32 Å². The molecule has 0 spiro atoms. The molecule has 88 valence electrons. The van der Waals surface area contributed by atoms with Crippen LogP contribution in [0.1, 0.15) is 39.4 Å². The zero-order valence-electron chi connectivity index (χ0n) is 9.22. The summed E-state index contributed by atoms with van der Waals surface area (Å²) in [7, 11) is 0. The van der Waals surface area contributed by atoms with Crippen LogP contribution >= 0.6 is 27.3 Å². The maximum absolute atomic E-state index is 11.8. The first kappa shape index (κ1) is 12.1. The molecule has 16 heavy (non-hydrogen) atoms. The Morgan fingerprint density at radius 1 is 1.44 bits per heavy atom. The second-order valence-corrected chi connectivity index (χ2v) is 5.99. The second kappa shape index (κ2) is 5.82. The molecule has 0 radical (unpaired) electrons. The Kier molecular flexibility index (Phi) is 4.41. The van der Waals surface area contributed by atoms with Gasteiger partial charge in [0, 0.05) is 16.8 Å². The highest BCUT2D eigenvalue weighted by molar-refractivity contribution is 9.09. The van der Waals surface area contributed by atoms with Crippen LogP contribution in [0, 0.1) is 0 Å². The minimum atomic E-state index is 0.0975. The van der Waals surface area contributed by atoms with Crippen molar-refractivity contribution in [2.45, 2.75) is 32.1 Å². The highest BCUT2D eigenvalue weighted by atomic mass is 79.9. The first-order valence-electron chi connectivity index (χ1n) is 5.77. The van der Waals surface area contributed by atoms with Crippen molar-refractivity contribution in [3.63, 3.8) is 0 Å². The number of aryl methyl sites for hydroxylation is 2. The van der Waals surface area contributed by atoms with Gasteiger partial charge in [-0.3, -0.25) is 4.79 Å². The maximum Gasteiger partial charge on any atom is 0.261 e. The molecule has 1 aliphatic rings. The van der Waals surface area contributed by atoms with E-state index >= 15 is 0 Å². The van der Waals surface area contributed by atoms with Crippen LogP contribution in [0.2, 0.25) is 0 Å². The van der Waals surface area contributed by atoms with Gasteiger partial charge in [0.15, 0.2) is 0 Å². The lowest BCUT2D eigenvalue weighted by molar-refractivity contribution is 0.0958. The Labute approximate surface area is 109 Å². The highest BCUT2D eigenvalue weighted by Crippen LogP contribution is 2.29. The third kappa shape index (κ3) is 2.86. The van der Waals surface area contributed by atoms with Gasteiger partial charge in [-0.05, 0) is 43.7 Å². The van der Waals surface area contributed by atoms with Crippen molar-refractivity contribution in [3.05, 3.63) is 21.4 Å². The monoisotopic (exact) mass is 301 g/mol. The Bertz CT molecular complexity index is 352. The number of amides is 1. The van der Waals surface area contributed by atoms with Gasteiger partial charge < -0.3 is 5.32 Å². The van der Waals surface area contributed by atoms with E-state index < -0.39 is 0 Å². The van der Waals surface area contributed by atoms with Crippen LogP contribution in [0.3, 0.4) is 0 Å². The largest absolute Gasteiger partial charge is 0.351 e. The Morgan fingerprint density at radius 3 is 3.00 bits per heavy atom. The molecule has 2 nitrogen and oxygen atoms in total. The number of halogens is 1. The topological polar surface area (TPSA) is 29.1 Å². The van der Waals surface area contributed by atoms with Gasteiger partial charge in [-0.25, -0.2) is 0 Å². The smallest absolute Gasteiger partial charge is 0.261 e. The van der Waals surface area contributed by atoms with E-state index in [0.717, 1.165) is 36.0 Å².